The fourth-order valence-corrected chi connectivity index (χ4v) is 10.8. The molecule has 13 rings (SSSR count). The lowest BCUT2D eigenvalue weighted by Gasteiger charge is -2.52. The minimum absolute atomic E-state index is 0.588. The van der Waals surface area contributed by atoms with E-state index >= 15 is 0 Å². The Morgan fingerprint density at radius 2 is 0.908 bits per heavy atom. The average molecular weight is 832 g/mol. The first-order valence-corrected chi connectivity index (χ1v) is 22.3. The Kier molecular flexibility index (Phi) is 8.43. The smallest absolute Gasteiger partial charge is 0.159 e. The molecule has 5 heteroatoms. The molecule has 1 aromatic heterocycles. The fraction of sp³-hybridized carbons (Fsp3) is 0.0333. The Labute approximate surface area is 378 Å². The van der Waals surface area contributed by atoms with Gasteiger partial charge in [-0.25, -0.2) is 9.97 Å². The number of nitrogens with zero attached hydrogens (tertiary/aromatic N) is 5. The molecule has 306 valence electrons. The van der Waals surface area contributed by atoms with Crippen LogP contribution in [0.3, 0.4) is 0 Å². The molecule has 0 aliphatic carbocycles. The molecule has 0 unspecified atom stereocenters. The van der Waals surface area contributed by atoms with Gasteiger partial charge in [-0.3, -0.25) is 0 Å². The third kappa shape index (κ3) is 5.65. The molecule has 0 N–H and O–H groups in total. The molecule has 65 heavy (non-hydrogen) atoms. The number of anilines is 8. The SMILES string of the molecule is c1ccc(N(c2ccccc2)c2ccc(-c3ccc(N4c5ccccc5C5(c6ccccc6N6Cc7ccc(-c8ncccn8)cc7-c7cccc5c76)c5ccccc54)cc3)cc2)cc1. The summed E-state index contributed by atoms with van der Waals surface area (Å²) in [5, 5.41) is 0. The van der Waals surface area contributed by atoms with Crippen LogP contribution in [0.4, 0.5) is 45.5 Å². The lowest BCUT2D eigenvalue weighted by atomic mass is 9.59. The van der Waals surface area contributed by atoms with Crippen molar-refractivity contribution in [2.75, 3.05) is 14.7 Å². The van der Waals surface area contributed by atoms with Crippen LogP contribution in [-0.4, -0.2) is 9.97 Å². The molecule has 10 aromatic rings. The van der Waals surface area contributed by atoms with Gasteiger partial charge in [0.2, 0.25) is 0 Å². The Morgan fingerprint density at radius 1 is 0.400 bits per heavy atom. The lowest BCUT2D eigenvalue weighted by molar-refractivity contribution is 0.703. The molecular formula is C60H41N5. The summed E-state index contributed by atoms with van der Waals surface area (Å²) < 4.78 is 0. The molecule has 0 atom stereocenters. The second-order valence-electron chi connectivity index (χ2n) is 17.0. The van der Waals surface area contributed by atoms with Crippen LogP contribution >= 0.6 is 0 Å². The van der Waals surface area contributed by atoms with Gasteiger partial charge in [0.15, 0.2) is 5.82 Å². The Morgan fingerprint density at radius 3 is 1.54 bits per heavy atom. The number of benzene rings is 9. The second-order valence-corrected chi connectivity index (χ2v) is 17.0. The minimum Gasteiger partial charge on any atom is -0.336 e. The predicted octanol–water partition coefficient (Wildman–Crippen LogP) is 15.1. The molecule has 0 saturated carbocycles. The van der Waals surface area contributed by atoms with Crippen molar-refractivity contribution in [2.24, 2.45) is 0 Å². The monoisotopic (exact) mass is 831 g/mol. The van der Waals surface area contributed by atoms with Gasteiger partial charge in [-0.1, -0.05) is 146 Å². The van der Waals surface area contributed by atoms with Crippen molar-refractivity contribution in [1.29, 1.82) is 0 Å². The third-order valence-corrected chi connectivity index (χ3v) is 13.6. The summed E-state index contributed by atoms with van der Waals surface area (Å²) in [6, 6.07) is 81.8. The summed E-state index contributed by atoms with van der Waals surface area (Å²) in [6.45, 7) is 0.769. The molecule has 0 fully saturated rings. The molecule has 4 heterocycles. The van der Waals surface area contributed by atoms with Crippen LogP contribution < -0.4 is 14.7 Å². The predicted molar refractivity (Wildman–Crippen MR) is 265 cm³/mol. The fourth-order valence-electron chi connectivity index (χ4n) is 10.8. The molecule has 5 nitrogen and oxygen atoms in total. The van der Waals surface area contributed by atoms with Crippen molar-refractivity contribution in [3.8, 4) is 33.6 Å². The van der Waals surface area contributed by atoms with Gasteiger partial charge in [0.25, 0.3) is 0 Å². The molecular weight excluding hydrogens is 791 g/mol. The van der Waals surface area contributed by atoms with Crippen molar-refractivity contribution in [3.05, 3.63) is 265 Å². The highest BCUT2D eigenvalue weighted by Crippen LogP contribution is 2.65. The molecule has 0 saturated heterocycles. The topological polar surface area (TPSA) is 35.5 Å². The first-order valence-electron chi connectivity index (χ1n) is 22.3. The Hall–Kier alpha value is -8.54. The first kappa shape index (κ1) is 37.1. The Bertz CT molecular complexity index is 3320. The lowest BCUT2D eigenvalue weighted by Crippen LogP contribution is -2.43. The molecule has 3 aliphatic heterocycles. The maximum Gasteiger partial charge on any atom is 0.159 e. The van der Waals surface area contributed by atoms with E-state index in [1.54, 1.807) is 0 Å². The van der Waals surface area contributed by atoms with Crippen molar-refractivity contribution in [3.63, 3.8) is 0 Å². The highest BCUT2D eigenvalue weighted by molar-refractivity contribution is 6.00. The van der Waals surface area contributed by atoms with Crippen molar-refractivity contribution in [1.82, 2.24) is 9.97 Å². The second kappa shape index (κ2) is 14.8. The van der Waals surface area contributed by atoms with Gasteiger partial charge in [-0.15, -0.1) is 0 Å². The summed E-state index contributed by atoms with van der Waals surface area (Å²) in [5.74, 6) is 0.736. The quantitative estimate of drug-likeness (QED) is 0.167. The normalized spacial score (nSPS) is 13.5. The molecule has 0 radical (unpaired) electrons. The van der Waals surface area contributed by atoms with Crippen molar-refractivity contribution in [2.45, 2.75) is 12.0 Å². The minimum atomic E-state index is -0.588. The van der Waals surface area contributed by atoms with Crippen LogP contribution in [0, 0.1) is 0 Å². The van der Waals surface area contributed by atoms with Gasteiger partial charge in [0, 0.05) is 58.5 Å². The van der Waals surface area contributed by atoms with Gasteiger partial charge in [-0.05, 0) is 123 Å². The van der Waals surface area contributed by atoms with E-state index in [2.05, 4.69) is 243 Å². The molecule has 9 aromatic carbocycles. The van der Waals surface area contributed by atoms with Crippen LogP contribution in [-0.2, 0) is 12.0 Å². The number of hydrogen-bond donors (Lipinski definition) is 0. The van der Waals surface area contributed by atoms with Gasteiger partial charge in [0.1, 0.15) is 0 Å². The zero-order valence-electron chi connectivity index (χ0n) is 35.5. The summed E-state index contributed by atoms with van der Waals surface area (Å²) in [5.41, 5.74) is 20.9. The summed E-state index contributed by atoms with van der Waals surface area (Å²) >= 11 is 0. The summed E-state index contributed by atoms with van der Waals surface area (Å²) in [6.07, 6.45) is 3.63. The maximum atomic E-state index is 4.61. The highest BCUT2D eigenvalue weighted by atomic mass is 15.2. The van der Waals surface area contributed by atoms with Crippen LogP contribution in [0.25, 0.3) is 33.6 Å². The van der Waals surface area contributed by atoms with Crippen LogP contribution in [0.5, 0.6) is 0 Å². The van der Waals surface area contributed by atoms with E-state index in [1.165, 1.54) is 72.8 Å². The number of hydrogen-bond acceptors (Lipinski definition) is 5. The van der Waals surface area contributed by atoms with E-state index in [-0.39, 0.29) is 0 Å². The molecule has 3 aliphatic rings. The largest absolute Gasteiger partial charge is 0.336 e. The third-order valence-electron chi connectivity index (χ3n) is 13.6. The van der Waals surface area contributed by atoms with Gasteiger partial charge < -0.3 is 14.7 Å². The van der Waals surface area contributed by atoms with E-state index in [4.69, 9.17) is 0 Å². The maximum absolute atomic E-state index is 4.61. The van der Waals surface area contributed by atoms with Gasteiger partial charge >= 0.3 is 0 Å². The first-order chi connectivity index (χ1) is 32.3. The van der Waals surface area contributed by atoms with E-state index < -0.39 is 5.41 Å². The number of para-hydroxylation sites is 6. The van der Waals surface area contributed by atoms with Crippen molar-refractivity contribution >= 4 is 45.5 Å². The van der Waals surface area contributed by atoms with E-state index in [0.29, 0.717) is 0 Å². The number of aromatic nitrogens is 2. The highest BCUT2D eigenvalue weighted by Gasteiger charge is 2.52. The molecule has 1 spiro atoms. The molecule has 0 bridgehead atoms. The van der Waals surface area contributed by atoms with Crippen LogP contribution in [0.15, 0.2) is 237 Å². The van der Waals surface area contributed by atoms with Crippen molar-refractivity contribution < 1.29 is 0 Å². The Balaban J connectivity index is 0.931. The van der Waals surface area contributed by atoms with Gasteiger partial charge in [0.05, 0.1) is 22.5 Å². The van der Waals surface area contributed by atoms with Crippen LogP contribution in [0.1, 0.15) is 27.8 Å². The number of rotatable bonds is 6. The number of fused-ring (bicyclic) bond motifs is 10. The van der Waals surface area contributed by atoms with E-state index in [1.807, 2.05) is 18.5 Å². The molecule has 0 amide bonds. The van der Waals surface area contributed by atoms with Crippen LogP contribution in [0.2, 0.25) is 0 Å². The average Bonchev–Trinajstić information content (AvgIpc) is 3.39. The zero-order chi connectivity index (χ0) is 42.9. The van der Waals surface area contributed by atoms with E-state index in [9.17, 15) is 0 Å². The summed E-state index contributed by atoms with van der Waals surface area (Å²) in [7, 11) is 0. The summed E-state index contributed by atoms with van der Waals surface area (Å²) in [4.78, 5) is 16.5. The van der Waals surface area contributed by atoms with E-state index in [0.717, 1.165) is 40.7 Å². The standard InChI is InChI=1S/C60H41N5/c1-3-15-45(16-4-1)64(46-17-5-2-6-18-46)47-33-29-41(30-34-47)42-31-35-48(36-32-42)65-56-25-11-8-21-52(56)60(53-22-9-12-26-57(53)65)51-20-7-10-24-55(51)63-40-44-28-27-43(59-61-37-14-38-62-59)39-50(44)49-19-13-23-54(60)58(49)63/h1-39H,40H2. The zero-order valence-corrected chi connectivity index (χ0v) is 35.5. The van der Waals surface area contributed by atoms with Gasteiger partial charge in [-0.2, -0.15) is 0 Å².